The zero-order chi connectivity index (χ0) is 20.2. The number of rotatable bonds is 8. The third-order valence-corrected chi connectivity index (χ3v) is 4.15. The van der Waals surface area contributed by atoms with Crippen LogP contribution in [-0.4, -0.2) is 30.0 Å². The van der Waals surface area contributed by atoms with Crippen LogP contribution in [-0.2, 0) is 19.1 Å². The fourth-order valence-electron chi connectivity index (χ4n) is 2.43. The number of esters is 1. The fourth-order valence-corrected chi connectivity index (χ4v) is 2.70. The lowest BCUT2D eigenvalue weighted by Gasteiger charge is -2.11. The van der Waals surface area contributed by atoms with Gasteiger partial charge in [-0.1, -0.05) is 36.2 Å². The number of Topliss-reactive ketones (excluding diaryl/α,β-unsaturated/α-hetero) is 1. The minimum atomic E-state index is -0.411. The van der Waals surface area contributed by atoms with Crippen molar-refractivity contribution < 1.29 is 19.1 Å². The van der Waals surface area contributed by atoms with Crippen molar-refractivity contribution >= 4 is 45.0 Å². The first kappa shape index (κ1) is 23.0. The van der Waals surface area contributed by atoms with Gasteiger partial charge in [-0.15, -0.1) is 0 Å². The molecule has 6 nitrogen and oxygen atoms in total. The molecule has 0 aliphatic carbocycles. The van der Waals surface area contributed by atoms with Crippen LogP contribution in [0.4, 0.5) is 5.69 Å². The number of amides is 1. The summed E-state index contributed by atoms with van der Waals surface area (Å²) in [5.41, 5.74) is 1.81. The number of anilines is 1. The number of ether oxygens (including phenoxy) is 1. The Bertz CT molecular complexity index is 655. The first-order valence-electron chi connectivity index (χ1n) is 9.23. The van der Waals surface area contributed by atoms with Crippen molar-refractivity contribution in [1.29, 1.82) is 0 Å². The molecule has 0 aromatic heterocycles. The highest BCUT2D eigenvalue weighted by Crippen LogP contribution is 2.23. The molecule has 1 aromatic rings. The molecule has 0 atom stereocenters. The van der Waals surface area contributed by atoms with Gasteiger partial charge in [-0.25, -0.2) is 5.01 Å². The number of carbonyl (C=O) groups is 3. The molecule has 0 saturated carbocycles. The molecule has 148 valence electrons. The number of carbonyl (C=O) groups excluding carboxylic acids is 3. The summed E-state index contributed by atoms with van der Waals surface area (Å²) < 4.78 is 5.60. The van der Waals surface area contributed by atoms with Gasteiger partial charge in [-0.3, -0.25) is 14.4 Å². The topological polar surface area (TPSA) is 76.0 Å². The SMILES string of the molecule is CCCC(=O)CC(=O)OCC.CCCC1=NN(c2ccc(Br)cc2)C(=O)C1. The van der Waals surface area contributed by atoms with Crippen molar-refractivity contribution in [3.8, 4) is 0 Å². The Hall–Kier alpha value is -2.02. The van der Waals surface area contributed by atoms with Crippen LogP contribution >= 0.6 is 15.9 Å². The number of hydrogen-bond donors (Lipinski definition) is 0. The standard InChI is InChI=1S/C12H13BrN2O.C8H14O3/c1-2-3-10-8-12(16)15(14-10)11-6-4-9(13)5-7-11;1-3-5-7(9)6-8(10)11-4-2/h4-7H,2-3,8H2,1H3;3-6H2,1-2H3. The van der Waals surface area contributed by atoms with E-state index in [2.05, 4.69) is 32.7 Å². The van der Waals surface area contributed by atoms with Crippen LogP contribution in [0.5, 0.6) is 0 Å². The van der Waals surface area contributed by atoms with Crippen LogP contribution in [0.25, 0.3) is 0 Å². The second kappa shape index (κ2) is 12.4. The molecule has 1 aliphatic heterocycles. The summed E-state index contributed by atoms with van der Waals surface area (Å²) in [6.07, 6.45) is 3.59. The Labute approximate surface area is 169 Å². The molecular formula is C20H27BrN2O4. The van der Waals surface area contributed by atoms with Gasteiger partial charge in [0, 0.05) is 16.6 Å². The maximum absolute atomic E-state index is 11.7. The van der Waals surface area contributed by atoms with Crippen LogP contribution in [0.1, 0.15) is 59.3 Å². The van der Waals surface area contributed by atoms with Gasteiger partial charge in [0.05, 0.1) is 18.7 Å². The van der Waals surface area contributed by atoms with Gasteiger partial charge in [-0.05, 0) is 44.0 Å². The quantitative estimate of drug-likeness (QED) is 0.437. The van der Waals surface area contributed by atoms with Crippen molar-refractivity contribution in [2.75, 3.05) is 11.6 Å². The van der Waals surface area contributed by atoms with E-state index in [1.54, 1.807) is 6.92 Å². The van der Waals surface area contributed by atoms with Gasteiger partial charge in [0.1, 0.15) is 12.2 Å². The fraction of sp³-hybridized carbons (Fsp3) is 0.500. The predicted molar refractivity (Wildman–Crippen MR) is 110 cm³/mol. The Morgan fingerprint density at radius 2 is 1.81 bits per heavy atom. The molecule has 0 radical (unpaired) electrons. The normalized spacial score (nSPS) is 13.0. The third-order valence-electron chi connectivity index (χ3n) is 3.62. The Morgan fingerprint density at radius 3 is 2.37 bits per heavy atom. The smallest absolute Gasteiger partial charge is 0.313 e. The second-order valence-electron chi connectivity index (χ2n) is 6.05. The molecular weight excluding hydrogens is 412 g/mol. The first-order chi connectivity index (χ1) is 12.9. The summed E-state index contributed by atoms with van der Waals surface area (Å²) in [5, 5.41) is 5.84. The summed E-state index contributed by atoms with van der Waals surface area (Å²) in [7, 11) is 0. The number of nitrogens with zero attached hydrogens (tertiary/aromatic N) is 2. The van der Waals surface area contributed by atoms with E-state index in [9.17, 15) is 14.4 Å². The van der Waals surface area contributed by atoms with E-state index < -0.39 is 5.97 Å². The zero-order valence-corrected chi connectivity index (χ0v) is 17.8. The monoisotopic (exact) mass is 438 g/mol. The van der Waals surface area contributed by atoms with Crippen LogP contribution in [0.3, 0.4) is 0 Å². The number of hydrazone groups is 1. The van der Waals surface area contributed by atoms with Crippen LogP contribution in [0.2, 0.25) is 0 Å². The van der Waals surface area contributed by atoms with E-state index in [1.807, 2.05) is 31.2 Å². The minimum absolute atomic E-state index is 0.0362. The lowest BCUT2D eigenvalue weighted by atomic mass is 10.2. The maximum Gasteiger partial charge on any atom is 0.313 e. The predicted octanol–water partition coefficient (Wildman–Crippen LogP) is 4.65. The molecule has 1 heterocycles. The second-order valence-corrected chi connectivity index (χ2v) is 6.96. The first-order valence-corrected chi connectivity index (χ1v) is 10.0. The highest BCUT2D eigenvalue weighted by molar-refractivity contribution is 9.10. The van der Waals surface area contributed by atoms with Crippen molar-refractivity contribution in [3.63, 3.8) is 0 Å². The van der Waals surface area contributed by atoms with E-state index >= 15 is 0 Å². The van der Waals surface area contributed by atoms with Gasteiger partial charge >= 0.3 is 5.97 Å². The van der Waals surface area contributed by atoms with E-state index in [-0.39, 0.29) is 18.1 Å². The van der Waals surface area contributed by atoms with E-state index in [4.69, 9.17) is 0 Å². The average molecular weight is 439 g/mol. The van der Waals surface area contributed by atoms with Gasteiger partial charge in [0.15, 0.2) is 0 Å². The maximum atomic E-state index is 11.7. The molecule has 1 aromatic carbocycles. The van der Waals surface area contributed by atoms with Gasteiger partial charge in [0.25, 0.3) is 5.91 Å². The zero-order valence-electron chi connectivity index (χ0n) is 16.2. The molecule has 0 unspecified atom stereocenters. The lowest BCUT2D eigenvalue weighted by molar-refractivity contribution is -0.145. The number of ketones is 1. The molecule has 0 fully saturated rings. The summed E-state index contributed by atoms with van der Waals surface area (Å²) in [4.78, 5) is 33.3. The molecule has 1 aliphatic rings. The summed E-state index contributed by atoms with van der Waals surface area (Å²) in [6, 6.07) is 7.60. The Morgan fingerprint density at radius 1 is 1.15 bits per heavy atom. The molecule has 0 saturated heterocycles. The highest BCUT2D eigenvalue weighted by Gasteiger charge is 2.24. The van der Waals surface area contributed by atoms with E-state index in [1.165, 1.54) is 5.01 Å². The van der Waals surface area contributed by atoms with Crippen molar-refractivity contribution in [2.24, 2.45) is 5.10 Å². The van der Waals surface area contributed by atoms with Gasteiger partial charge in [-0.2, -0.15) is 5.10 Å². The van der Waals surface area contributed by atoms with Crippen molar-refractivity contribution in [3.05, 3.63) is 28.7 Å². The Balaban J connectivity index is 0.000000293. The third kappa shape index (κ3) is 8.47. The van der Waals surface area contributed by atoms with Crippen LogP contribution in [0, 0.1) is 0 Å². The summed E-state index contributed by atoms with van der Waals surface area (Å²) in [5.74, 6) is -0.386. The molecule has 27 heavy (non-hydrogen) atoms. The largest absolute Gasteiger partial charge is 0.466 e. The lowest BCUT2D eigenvalue weighted by Crippen LogP contribution is -2.19. The molecule has 7 heteroatoms. The van der Waals surface area contributed by atoms with E-state index in [0.29, 0.717) is 19.4 Å². The van der Waals surface area contributed by atoms with E-state index in [0.717, 1.165) is 35.1 Å². The number of benzene rings is 1. The van der Waals surface area contributed by atoms with Crippen LogP contribution in [0.15, 0.2) is 33.8 Å². The average Bonchev–Trinajstić information content (AvgIpc) is 2.97. The van der Waals surface area contributed by atoms with Crippen molar-refractivity contribution in [2.45, 2.75) is 59.3 Å². The summed E-state index contributed by atoms with van der Waals surface area (Å²) in [6.45, 7) is 6.07. The molecule has 2 rings (SSSR count). The van der Waals surface area contributed by atoms with Crippen LogP contribution < -0.4 is 5.01 Å². The van der Waals surface area contributed by atoms with Gasteiger partial charge < -0.3 is 4.74 Å². The molecule has 0 spiro atoms. The van der Waals surface area contributed by atoms with Gasteiger partial charge in [0.2, 0.25) is 0 Å². The van der Waals surface area contributed by atoms with Crippen molar-refractivity contribution in [1.82, 2.24) is 0 Å². The molecule has 0 N–H and O–H groups in total. The number of hydrogen-bond acceptors (Lipinski definition) is 5. The highest BCUT2D eigenvalue weighted by atomic mass is 79.9. The molecule has 1 amide bonds. The Kier molecular flexibility index (Phi) is 10.6. The number of halogens is 1. The summed E-state index contributed by atoms with van der Waals surface area (Å²) >= 11 is 3.37. The molecule has 0 bridgehead atoms. The minimum Gasteiger partial charge on any atom is -0.466 e.